The van der Waals surface area contributed by atoms with Crippen molar-refractivity contribution in [3.05, 3.63) is 29.4 Å². The van der Waals surface area contributed by atoms with E-state index in [4.69, 9.17) is 25.8 Å². The van der Waals surface area contributed by atoms with Crippen LogP contribution in [0.15, 0.2) is 24.4 Å². The first-order valence-corrected chi connectivity index (χ1v) is 9.13. The van der Waals surface area contributed by atoms with Crippen LogP contribution in [-0.2, 0) is 4.74 Å². The molecule has 27 heavy (non-hydrogen) atoms. The summed E-state index contributed by atoms with van der Waals surface area (Å²) >= 11 is 6.15. The van der Waals surface area contributed by atoms with Crippen LogP contribution in [-0.4, -0.2) is 68.5 Å². The molecule has 0 amide bonds. The average molecular weight is 394 g/mol. The minimum absolute atomic E-state index is 0.480. The second-order valence-corrected chi connectivity index (χ2v) is 6.37. The van der Waals surface area contributed by atoms with E-state index in [1.165, 1.54) is 0 Å². The summed E-state index contributed by atoms with van der Waals surface area (Å²) in [6.45, 7) is 5.20. The quantitative estimate of drug-likeness (QED) is 0.708. The van der Waals surface area contributed by atoms with Crippen molar-refractivity contribution < 1.29 is 14.2 Å². The minimum atomic E-state index is 0.480. The van der Waals surface area contributed by atoms with E-state index >= 15 is 0 Å². The summed E-state index contributed by atoms with van der Waals surface area (Å²) in [5.74, 6) is 2.36. The summed E-state index contributed by atoms with van der Waals surface area (Å²) in [4.78, 5) is 11.1. The molecule has 0 spiro atoms. The number of rotatable bonds is 8. The number of nitrogens with one attached hydrogen (secondary N) is 2. The van der Waals surface area contributed by atoms with Gasteiger partial charge in [-0.3, -0.25) is 4.90 Å². The number of hydrogen-bond acceptors (Lipinski definition) is 8. The van der Waals surface area contributed by atoms with Gasteiger partial charge in [0.1, 0.15) is 17.3 Å². The fourth-order valence-electron chi connectivity index (χ4n) is 2.76. The van der Waals surface area contributed by atoms with Gasteiger partial charge in [0.05, 0.1) is 38.1 Å². The number of hydrogen-bond donors (Lipinski definition) is 2. The van der Waals surface area contributed by atoms with E-state index in [9.17, 15) is 0 Å². The van der Waals surface area contributed by atoms with Crippen molar-refractivity contribution in [2.24, 2.45) is 0 Å². The molecule has 0 radical (unpaired) electrons. The van der Waals surface area contributed by atoms with Gasteiger partial charge in [-0.2, -0.15) is 4.98 Å². The summed E-state index contributed by atoms with van der Waals surface area (Å²) in [6, 6.07) is 5.26. The zero-order valence-electron chi connectivity index (χ0n) is 15.5. The number of anilines is 3. The Hall–Kier alpha value is -2.29. The lowest BCUT2D eigenvalue weighted by Gasteiger charge is -2.26. The largest absolute Gasteiger partial charge is 0.495 e. The molecular weight excluding hydrogens is 370 g/mol. The fraction of sp³-hybridized carbons (Fsp3) is 0.444. The summed E-state index contributed by atoms with van der Waals surface area (Å²) in [7, 11) is 3.15. The van der Waals surface area contributed by atoms with E-state index in [0.717, 1.165) is 39.4 Å². The summed E-state index contributed by atoms with van der Waals surface area (Å²) in [5.41, 5.74) is 0.705. The maximum atomic E-state index is 6.15. The molecule has 8 nitrogen and oxygen atoms in total. The van der Waals surface area contributed by atoms with Gasteiger partial charge in [0.15, 0.2) is 0 Å². The Balaban J connectivity index is 1.63. The van der Waals surface area contributed by atoms with Crippen molar-refractivity contribution in [3.63, 3.8) is 0 Å². The van der Waals surface area contributed by atoms with Crippen molar-refractivity contribution >= 4 is 29.1 Å². The standard InChI is InChI=1S/C18H24ClN5O3/c1-25-15-12-14(16(26-2)11-13(15)19)22-17-3-4-20-18(23-17)21-5-6-24-7-9-27-10-8-24/h3-4,11-12H,5-10H2,1-2H3,(H2,20,21,22,23). The second-order valence-electron chi connectivity index (χ2n) is 5.96. The van der Waals surface area contributed by atoms with Crippen LogP contribution in [0.5, 0.6) is 11.5 Å². The highest BCUT2D eigenvalue weighted by Gasteiger charge is 2.12. The molecule has 2 heterocycles. The molecule has 2 N–H and O–H groups in total. The molecule has 1 aliphatic rings. The Morgan fingerprint density at radius 1 is 1.19 bits per heavy atom. The highest BCUT2D eigenvalue weighted by Crippen LogP contribution is 2.37. The monoisotopic (exact) mass is 393 g/mol. The summed E-state index contributed by atoms with van der Waals surface area (Å²) < 4.78 is 16.0. The molecule has 0 saturated carbocycles. The van der Waals surface area contributed by atoms with Gasteiger partial charge in [0, 0.05) is 44.5 Å². The van der Waals surface area contributed by atoms with Gasteiger partial charge >= 0.3 is 0 Å². The molecule has 0 aliphatic carbocycles. The number of ether oxygens (including phenoxy) is 3. The van der Waals surface area contributed by atoms with Crippen molar-refractivity contribution in [2.75, 3.05) is 64.2 Å². The fourth-order valence-corrected chi connectivity index (χ4v) is 2.99. The van der Waals surface area contributed by atoms with Gasteiger partial charge in [-0.15, -0.1) is 0 Å². The van der Waals surface area contributed by atoms with Crippen LogP contribution in [0.1, 0.15) is 0 Å². The van der Waals surface area contributed by atoms with E-state index < -0.39 is 0 Å². The van der Waals surface area contributed by atoms with Gasteiger partial charge < -0.3 is 24.8 Å². The van der Waals surface area contributed by atoms with E-state index in [1.807, 2.05) is 0 Å². The Labute approximate surface area is 163 Å². The van der Waals surface area contributed by atoms with E-state index in [2.05, 4.69) is 25.5 Å². The lowest BCUT2D eigenvalue weighted by Crippen LogP contribution is -2.39. The molecule has 0 atom stereocenters. The zero-order valence-corrected chi connectivity index (χ0v) is 16.3. The van der Waals surface area contributed by atoms with E-state index in [-0.39, 0.29) is 0 Å². The average Bonchev–Trinajstić information content (AvgIpc) is 2.70. The Morgan fingerprint density at radius 3 is 2.70 bits per heavy atom. The summed E-state index contributed by atoms with van der Waals surface area (Å²) in [6.07, 6.45) is 1.70. The third-order valence-electron chi connectivity index (χ3n) is 4.21. The zero-order chi connectivity index (χ0) is 19.1. The molecule has 1 aromatic carbocycles. The number of halogens is 1. The van der Waals surface area contributed by atoms with Crippen LogP contribution in [0.4, 0.5) is 17.5 Å². The van der Waals surface area contributed by atoms with Crippen LogP contribution in [0, 0.1) is 0 Å². The number of morpholine rings is 1. The topological polar surface area (TPSA) is 80.8 Å². The van der Waals surface area contributed by atoms with Crippen LogP contribution in [0.25, 0.3) is 0 Å². The predicted molar refractivity (Wildman–Crippen MR) is 106 cm³/mol. The minimum Gasteiger partial charge on any atom is -0.495 e. The van der Waals surface area contributed by atoms with Crippen LogP contribution >= 0.6 is 11.6 Å². The summed E-state index contributed by atoms with van der Waals surface area (Å²) in [5, 5.41) is 6.96. The van der Waals surface area contributed by atoms with Crippen LogP contribution < -0.4 is 20.1 Å². The molecular formula is C18H24ClN5O3. The molecule has 9 heteroatoms. The second kappa shape index (κ2) is 9.59. The molecule has 1 fully saturated rings. The molecule has 3 rings (SSSR count). The molecule has 2 aromatic rings. The number of benzene rings is 1. The van der Waals surface area contributed by atoms with Crippen molar-refractivity contribution in [1.29, 1.82) is 0 Å². The lowest BCUT2D eigenvalue weighted by molar-refractivity contribution is 0.0398. The van der Waals surface area contributed by atoms with Gasteiger partial charge in [0.2, 0.25) is 5.95 Å². The van der Waals surface area contributed by atoms with Crippen molar-refractivity contribution in [1.82, 2.24) is 14.9 Å². The lowest BCUT2D eigenvalue weighted by atomic mass is 10.2. The first kappa shape index (κ1) is 19.5. The van der Waals surface area contributed by atoms with Gasteiger partial charge in [-0.1, -0.05) is 11.6 Å². The normalized spacial score (nSPS) is 14.6. The van der Waals surface area contributed by atoms with E-state index in [0.29, 0.717) is 34.0 Å². The molecule has 1 saturated heterocycles. The number of aromatic nitrogens is 2. The number of methoxy groups -OCH3 is 2. The first-order valence-electron chi connectivity index (χ1n) is 8.75. The first-order chi connectivity index (χ1) is 13.2. The smallest absolute Gasteiger partial charge is 0.224 e. The predicted octanol–water partition coefficient (Wildman–Crippen LogP) is 2.63. The van der Waals surface area contributed by atoms with Gasteiger partial charge in [-0.05, 0) is 6.07 Å². The highest BCUT2D eigenvalue weighted by molar-refractivity contribution is 6.32. The van der Waals surface area contributed by atoms with Crippen LogP contribution in [0.2, 0.25) is 5.02 Å². The molecule has 1 aromatic heterocycles. The Morgan fingerprint density at radius 2 is 1.96 bits per heavy atom. The van der Waals surface area contributed by atoms with Crippen molar-refractivity contribution in [3.8, 4) is 11.5 Å². The molecule has 1 aliphatic heterocycles. The third-order valence-corrected chi connectivity index (χ3v) is 4.50. The molecule has 0 unspecified atom stereocenters. The molecule has 0 bridgehead atoms. The maximum absolute atomic E-state index is 6.15. The van der Waals surface area contributed by atoms with Gasteiger partial charge in [-0.25, -0.2) is 4.98 Å². The Bertz CT molecular complexity index is 756. The third kappa shape index (κ3) is 5.35. The maximum Gasteiger partial charge on any atom is 0.224 e. The SMILES string of the molecule is COc1cc(Nc2ccnc(NCCN3CCOCC3)n2)c(OC)cc1Cl. The van der Waals surface area contributed by atoms with Gasteiger partial charge in [0.25, 0.3) is 0 Å². The Kier molecular flexibility index (Phi) is 6.92. The van der Waals surface area contributed by atoms with Crippen LogP contribution in [0.3, 0.4) is 0 Å². The highest BCUT2D eigenvalue weighted by atomic mass is 35.5. The number of nitrogens with zero attached hydrogens (tertiary/aromatic N) is 3. The molecule has 146 valence electrons. The van der Waals surface area contributed by atoms with E-state index in [1.54, 1.807) is 38.6 Å². The van der Waals surface area contributed by atoms with Crippen molar-refractivity contribution in [2.45, 2.75) is 0 Å².